The number of carbonyl (C=O) groups excluding carboxylic acids is 1. The second kappa shape index (κ2) is 6.13. The number of nitrogens with zero attached hydrogens (tertiary/aromatic N) is 1. The smallest absolute Gasteiger partial charge is 0.240 e. The van der Waals surface area contributed by atoms with Crippen LogP contribution in [0, 0.1) is 5.92 Å². The Kier molecular flexibility index (Phi) is 4.44. The third kappa shape index (κ3) is 2.96. The Morgan fingerprint density at radius 3 is 2.79 bits per heavy atom. The third-order valence-corrected chi connectivity index (χ3v) is 6.76. The molecule has 1 heterocycles. The van der Waals surface area contributed by atoms with Crippen molar-refractivity contribution >= 4 is 21.6 Å². The van der Waals surface area contributed by atoms with E-state index >= 15 is 0 Å². The van der Waals surface area contributed by atoms with Crippen molar-refractivity contribution in [2.75, 3.05) is 18.5 Å². The Labute approximate surface area is 143 Å². The number of benzene rings is 1. The fraction of sp³-hybridized carbons (Fsp3) is 0.588. The summed E-state index contributed by atoms with van der Waals surface area (Å²) < 4.78 is 26.4. The van der Waals surface area contributed by atoms with Crippen LogP contribution in [-0.2, 0) is 21.2 Å². The summed E-state index contributed by atoms with van der Waals surface area (Å²) in [6, 6.07) is 4.99. The maximum absolute atomic E-state index is 13.1. The summed E-state index contributed by atoms with van der Waals surface area (Å²) in [6.45, 7) is 2.54. The van der Waals surface area contributed by atoms with Gasteiger partial charge >= 0.3 is 0 Å². The zero-order chi connectivity index (χ0) is 17.5. The molecule has 0 aromatic heterocycles. The van der Waals surface area contributed by atoms with Crippen LogP contribution in [0.3, 0.4) is 0 Å². The van der Waals surface area contributed by atoms with Crippen LogP contribution in [0.5, 0.6) is 0 Å². The maximum Gasteiger partial charge on any atom is 0.240 e. The van der Waals surface area contributed by atoms with Crippen molar-refractivity contribution in [1.29, 1.82) is 0 Å². The molecule has 1 aliphatic carbocycles. The molecule has 1 aromatic rings. The van der Waals surface area contributed by atoms with E-state index in [2.05, 4.69) is 4.72 Å². The predicted molar refractivity (Wildman–Crippen MR) is 93.3 cm³/mol. The lowest BCUT2D eigenvalue weighted by atomic mass is 9.74. The minimum atomic E-state index is -3.53. The van der Waals surface area contributed by atoms with Crippen LogP contribution in [0.2, 0.25) is 0 Å². The van der Waals surface area contributed by atoms with Crippen molar-refractivity contribution in [1.82, 2.24) is 4.72 Å². The van der Waals surface area contributed by atoms with Gasteiger partial charge in [0, 0.05) is 17.8 Å². The van der Waals surface area contributed by atoms with Gasteiger partial charge in [0.1, 0.15) is 0 Å². The van der Waals surface area contributed by atoms with Gasteiger partial charge in [0.15, 0.2) is 0 Å². The highest BCUT2D eigenvalue weighted by Gasteiger charge is 2.41. The van der Waals surface area contributed by atoms with Crippen LogP contribution in [0.25, 0.3) is 0 Å². The molecule has 6 nitrogen and oxygen atoms in total. The summed E-state index contributed by atoms with van der Waals surface area (Å²) in [6.07, 6.45) is 4.45. The Morgan fingerprint density at radius 1 is 1.38 bits per heavy atom. The zero-order valence-corrected chi connectivity index (χ0v) is 15.0. The van der Waals surface area contributed by atoms with Crippen LogP contribution >= 0.6 is 0 Å². The van der Waals surface area contributed by atoms with E-state index in [0.717, 1.165) is 37.7 Å². The molecule has 132 valence electrons. The molecule has 1 saturated carbocycles. The first-order valence-electron chi connectivity index (χ1n) is 8.43. The Hall–Kier alpha value is -1.44. The molecule has 0 spiro atoms. The fourth-order valence-electron chi connectivity index (χ4n) is 3.82. The van der Waals surface area contributed by atoms with Crippen LogP contribution in [0.15, 0.2) is 23.1 Å². The molecule has 0 bridgehead atoms. The van der Waals surface area contributed by atoms with Crippen molar-refractivity contribution in [3.63, 3.8) is 0 Å². The molecule has 2 atom stereocenters. The summed E-state index contributed by atoms with van der Waals surface area (Å²) in [7, 11) is -2.15. The van der Waals surface area contributed by atoms with E-state index in [1.807, 2.05) is 6.92 Å². The number of carbonyl (C=O) groups is 1. The average molecular weight is 351 g/mol. The molecule has 0 radical (unpaired) electrons. The minimum absolute atomic E-state index is 0.0254. The van der Waals surface area contributed by atoms with Gasteiger partial charge in [0.2, 0.25) is 15.9 Å². The summed E-state index contributed by atoms with van der Waals surface area (Å²) in [5.41, 5.74) is 7.60. The normalized spacial score (nSPS) is 27.1. The molecular weight excluding hydrogens is 326 g/mol. The minimum Gasteiger partial charge on any atom is -0.325 e. The standard InChI is InChI=1S/C17H25N3O3S/c1-17(18)9-4-3-5-14(17)16(21)20-10-8-12-6-7-13(11-15(12)20)24(22,23)19-2/h6-7,11,14,19H,3-5,8-10,18H2,1-2H3. The van der Waals surface area contributed by atoms with Gasteiger partial charge in [0.05, 0.1) is 10.8 Å². The molecular formula is C17H25N3O3S. The number of rotatable bonds is 3. The van der Waals surface area contributed by atoms with Crippen molar-refractivity contribution in [3.05, 3.63) is 23.8 Å². The molecule has 24 heavy (non-hydrogen) atoms. The molecule has 1 aromatic carbocycles. The number of anilines is 1. The van der Waals surface area contributed by atoms with E-state index in [1.165, 1.54) is 7.05 Å². The number of nitrogens with two attached hydrogens (primary N) is 1. The van der Waals surface area contributed by atoms with Gasteiger partial charge in [-0.05, 0) is 50.9 Å². The second-order valence-electron chi connectivity index (χ2n) is 7.04. The molecule has 1 amide bonds. The number of hydrogen-bond donors (Lipinski definition) is 2. The first kappa shape index (κ1) is 17.4. The molecule has 3 N–H and O–H groups in total. The highest BCUT2D eigenvalue weighted by molar-refractivity contribution is 7.89. The van der Waals surface area contributed by atoms with Crippen molar-refractivity contribution in [3.8, 4) is 0 Å². The molecule has 2 aliphatic rings. The fourth-order valence-corrected chi connectivity index (χ4v) is 4.57. The van der Waals surface area contributed by atoms with Crippen molar-refractivity contribution < 1.29 is 13.2 Å². The van der Waals surface area contributed by atoms with Crippen molar-refractivity contribution in [2.24, 2.45) is 11.7 Å². The Bertz CT molecular complexity index is 758. The van der Waals surface area contributed by atoms with Gasteiger partial charge in [-0.2, -0.15) is 0 Å². The average Bonchev–Trinajstić information content (AvgIpc) is 2.97. The lowest BCUT2D eigenvalue weighted by Gasteiger charge is -2.39. The summed E-state index contributed by atoms with van der Waals surface area (Å²) in [5.74, 6) is -0.181. The number of nitrogens with one attached hydrogen (secondary N) is 1. The van der Waals surface area contributed by atoms with E-state index in [9.17, 15) is 13.2 Å². The molecule has 2 unspecified atom stereocenters. The van der Waals surface area contributed by atoms with E-state index in [-0.39, 0.29) is 16.7 Å². The van der Waals surface area contributed by atoms with Crippen molar-refractivity contribution in [2.45, 2.75) is 49.5 Å². The molecule has 1 fully saturated rings. The van der Waals surface area contributed by atoms with E-state index in [4.69, 9.17) is 5.73 Å². The van der Waals surface area contributed by atoms with Gasteiger partial charge in [-0.15, -0.1) is 0 Å². The highest BCUT2D eigenvalue weighted by Crippen LogP contribution is 2.37. The van der Waals surface area contributed by atoms with Gasteiger partial charge in [-0.1, -0.05) is 18.9 Å². The third-order valence-electron chi connectivity index (χ3n) is 5.35. The Balaban J connectivity index is 1.94. The second-order valence-corrected chi connectivity index (χ2v) is 8.93. The lowest BCUT2D eigenvalue weighted by Crippen LogP contribution is -2.53. The first-order chi connectivity index (χ1) is 11.3. The van der Waals surface area contributed by atoms with E-state index in [1.54, 1.807) is 23.1 Å². The SMILES string of the molecule is CNS(=O)(=O)c1ccc2c(c1)N(C(=O)C1CCCCC1(C)N)CC2. The topological polar surface area (TPSA) is 92.5 Å². The van der Waals surface area contributed by atoms with Gasteiger partial charge in [-0.25, -0.2) is 13.1 Å². The van der Waals surface area contributed by atoms with Crippen LogP contribution in [-0.4, -0.2) is 33.5 Å². The van der Waals surface area contributed by atoms with Crippen LogP contribution in [0.4, 0.5) is 5.69 Å². The maximum atomic E-state index is 13.1. The first-order valence-corrected chi connectivity index (χ1v) is 9.91. The number of amides is 1. The van der Waals surface area contributed by atoms with E-state index in [0.29, 0.717) is 12.2 Å². The Morgan fingerprint density at radius 2 is 2.12 bits per heavy atom. The zero-order valence-electron chi connectivity index (χ0n) is 14.2. The van der Waals surface area contributed by atoms with Crippen LogP contribution in [0.1, 0.15) is 38.2 Å². The summed E-state index contributed by atoms with van der Waals surface area (Å²) >= 11 is 0. The van der Waals surface area contributed by atoms with Crippen LogP contribution < -0.4 is 15.4 Å². The monoisotopic (exact) mass is 351 g/mol. The van der Waals surface area contributed by atoms with Gasteiger partial charge in [0.25, 0.3) is 0 Å². The molecule has 0 saturated heterocycles. The molecule has 1 aliphatic heterocycles. The summed E-state index contributed by atoms with van der Waals surface area (Å²) in [5, 5.41) is 0. The summed E-state index contributed by atoms with van der Waals surface area (Å²) in [4.78, 5) is 15.0. The quantitative estimate of drug-likeness (QED) is 0.861. The number of sulfonamides is 1. The molecule has 3 rings (SSSR count). The lowest BCUT2D eigenvalue weighted by molar-refractivity contribution is -0.125. The molecule has 7 heteroatoms. The van der Waals surface area contributed by atoms with Gasteiger partial charge < -0.3 is 10.6 Å². The number of hydrogen-bond acceptors (Lipinski definition) is 4. The predicted octanol–water partition coefficient (Wildman–Crippen LogP) is 1.39. The largest absolute Gasteiger partial charge is 0.325 e. The van der Waals surface area contributed by atoms with E-state index < -0.39 is 15.6 Å². The van der Waals surface area contributed by atoms with Gasteiger partial charge in [-0.3, -0.25) is 4.79 Å². The highest BCUT2D eigenvalue weighted by atomic mass is 32.2. The number of fused-ring (bicyclic) bond motifs is 1.